The lowest BCUT2D eigenvalue weighted by Crippen LogP contribution is -2.29. The Bertz CT molecular complexity index is 463. The predicted octanol–water partition coefficient (Wildman–Crippen LogP) is 1.98. The number of pyridine rings is 1. The molecule has 1 heterocycles. The zero-order valence-corrected chi connectivity index (χ0v) is 7.78. The van der Waals surface area contributed by atoms with Gasteiger partial charge >= 0.3 is 0 Å². The van der Waals surface area contributed by atoms with E-state index in [-0.39, 0.29) is 0 Å². The van der Waals surface area contributed by atoms with Crippen LogP contribution >= 0.6 is 0 Å². The maximum Gasteiger partial charge on any atom is 0.264 e. The average Bonchev–Trinajstić information content (AvgIpc) is 2.09. The number of aryl methyl sites for hydroxylation is 2. The molecule has 0 saturated carbocycles. The highest BCUT2D eigenvalue weighted by Crippen LogP contribution is 2.15. The Balaban J connectivity index is 2.89. The molecule has 1 N–H and O–H groups in total. The molecular weight excluding hydrogens is 162 g/mol. The second kappa shape index (κ2) is 2.73. The van der Waals surface area contributed by atoms with Crippen LogP contribution in [0.15, 0.2) is 30.5 Å². The van der Waals surface area contributed by atoms with Gasteiger partial charge in [-0.2, -0.15) is 0 Å². The lowest BCUT2D eigenvalue weighted by molar-refractivity contribution is -0.884. The summed E-state index contributed by atoms with van der Waals surface area (Å²) in [4.78, 5) is 0. The quantitative estimate of drug-likeness (QED) is 0.479. The summed E-state index contributed by atoms with van der Waals surface area (Å²) in [5.41, 5.74) is 3.30. The van der Waals surface area contributed by atoms with Crippen molar-refractivity contribution >= 4 is 10.9 Å². The van der Waals surface area contributed by atoms with Crippen LogP contribution in [0.1, 0.15) is 11.1 Å². The molecule has 0 radical (unpaired) electrons. The first-order valence-corrected chi connectivity index (χ1v) is 4.29. The van der Waals surface area contributed by atoms with E-state index in [1.165, 1.54) is 11.1 Å². The molecule has 0 aliphatic carbocycles. The smallest absolute Gasteiger partial charge is 0.264 e. The van der Waals surface area contributed by atoms with E-state index < -0.39 is 0 Å². The van der Waals surface area contributed by atoms with Gasteiger partial charge in [-0.3, -0.25) is 5.21 Å². The van der Waals surface area contributed by atoms with Crippen LogP contribution in [-0.4, -0.2) is 5.21 Å². The minimum atomic E-state index is 0.852. The number of nitrogens with zero attached hydrogens (tertiary/aromatic N) is 1. The second-order valence-corrected chi connectivity index (χ2v) is 3.35. The fraction of sp³-hybridized carbons (Fsp3) is 0.182. The van der Waals surface area contributed by atoms with Crippen LogP contribution in [0.25, 0.3) is 10.9 Å². The zero-order valence-electron chi connectivity index (χ0n) is 7.78. The van der Waals surface area contributed by atoms with E-state index in [1.54, 1.807) is 6.20 Å². The van der Waals surface area contributed by atoms with E-state index in [2.05, 4.69) is 13.0 Å². The molecule has 0 aliphatic heterocycles. The van der Waals surface area contributed by atoms with Crippen LogP contribution in [0, 0.1) is 13.8 Å². The van der Waals surface area contributed by atoms with Gasteiger partial charge in [0.05, 0.1) is 5.39 Å². The van der Waals surface area contributed by atoms with E-state index in [0.29, 0.717) is 0 Å². The molecule has 1 aromatic heterocycles. The lowest BCUT2D eigenvalue weighted by atomic mass is 10.1. The van der Waals surface area contributed by atoms with Crippen molar-refractivity contribution in [3.05, 3.63) is 41.6 Å². The van der Waals surface area contributed by atoms with E-state index in [0.717, 1.165) is 15.6 Å². The van der Waals surface area contributed by atoms with Gasteiger partial charge in [0.2, 0.25) is 6.20 Å². The number of hydrogen-bond donors (Lipinski definition) is 1. The molecule has 0 bridgehead atoms. The monoisotopic (exact) mass is 174 g/mol. The highest BCUT2D eigenvalue weighted by Gasteiger charge is 2.07. The Morgan fingerprint density at radius 2 is 1.85 bits per heavy atom. The number of fused-ring (bicyclic) bond motifs is 1. The van der Waals surface area contributed by atoms with Crippen molar-refractivity contribution in [1.29, 1.82) is 0 Å². The predicted molar refractivity (Wildman–Crippen MR) is 50.8 cm³/mol. The van der Waals surface area contributed by atoms with Gasteiger partial charge in [-0.25, -0.2) is 0 Å². The van der Waals surface area contributed by atoms with E-state index >= 15 is 0 Å². The first-order chi connectivity index (χ1) is 6.18. The maximum absolute atomic E-state index is 9.50. The number of hydrogen-bond acceptors (Lipinski definition) is 1. The minimum absolute atomic E-state index is 0.852. The van der Waals surface area contributed by atoms with E-state index in [9.17, 15) is 5.21 Å². The van der Waals surface area contributed by atoms with Crippen molar-refractivity contribution in [1.82, 2.24) is 0 Å². The molecule has 2 rings (SSSR count). The summed E-state index contributed by atoms with van der Waals surface area (Å²) in [7, 11) is 0. The van der Waals surface area contributed by atoms with Gasteiger partial charge in [0.25, 0.3) is 5.52 Å². The van der Waals surface area contributed by atoms with Crippen molar-refractivity contribution in [2.75, 3.05) is 0 Å². The Kier molecular flexibility index (Phi) is 1.69. The van der Waals surface area contributed by atoms with Crippen molar-refractivity contribution in [3.8, 4) is 0 Å². The first kappa shape index (κ1) is 8.05. The van der Waals surface area contributed by atoms with Gasteiger partial charge in [0.15, 0.2) is 0 Å². The van der Waals surface area contributed by atoms with Crippen LogP contribution in [0.5, 0.6) is 0 Å². The molecule has 2 aromatic rings. The van der Waals surface area contributed by atoms with Gasteiger partial charge in [-0.05, 0) is 37.1 Å². The third-order valence-corrected chi connectivity index (χ3v) is 2.39. The first-order valence-electron chi connectivity index (χ1n) is 4.29. The van der Waals surface area contributed by atoms with Crippen LogP contribution in [0.2, 0.25) is 0 Å². The summed E-state index contributed by atoms with van der Waals surface area (Å²) in [6.07, 6.45) is 1.64. The summed E-state index contributed by atoms with van der Waals surface area (Å²) in [5.74, 6) is 0. The topological polar surface area (TPSA) is 24.1 Å². The van der Waals surface area contributed by atoms with Crippen molar-refractivity contribution in [3.63, 3.8) is 0 Å². The summed E-state index contributed by atoms with van der Waals surface area (Å²) in [6.45, 7) is 4.12. The third kappa shape index (κ3) is 1.24. The van der Waals surface area contributed by atoms with Gasteiger partial charge in [0.1, 0.15) is 0 Å². The number of benzene rings is 1. The molecule has 2 nitrogen and oxygen atoms in total. The lowest BCUT2D eigenvalue weighted by Gasteiger charge is -1.99. The van der Waals surface area contributed by atoms with Crippen molar-refractivity contribution in [2.45, 2.75) is 13.8 Å². The van der Waals surface area contributed by atoms with Gasteiger partial charge < -0.3 is 0 Å². The molecule has 0 amide bonds. The molecule has 0 unspecified atom stereocenters. The molecule has 13 heavy (non-hydrogen) atoms. The SMILES string of the molecule is Cc1cc2ccc[n+](O)c2cc1C. The molecule has 0 spiro atoms. The number of aromatic nitrogens is 1. The fourth-order valence-electron chi connectivity index (χ4n) is 1.46. The molecule has 0 fully saturated rings. The van der Waals surface area contributed by atoms with E-state index in [4.69, 9.17) is 0 Å². The van der Waals surface area contributed by atoms with E-state index in [1.807, 2.05) is 25.1 Å². The summed E-state index contributed by atoms with van der Waals surface area (Å²) >= 11 is 0. The van der Waals surface area contributed by atoms with Crippen molar-refractivity contribution < 1.29 is 9.94 Å². The molecule has 0 atom stereocenters. The number of rotatable bonds is 0. The molecule has 66 valence electrons. The zero-order chi connectivity index (χ0) is 9.42. The molecule has 1 aromatic carbocycles. The van der Waals surface area contributed by atoms with Gasteiger partial charge in [-0.1, -0.05) is 0 Å². The van der Waals surface area contributed by atoms with Crippen LogP contribution in [0.4, 0.5) is 0 Å². The highest BCUT2D eigenvalue weighted by molar-refractivity contribution is 5.77. The molecule has 0 aliphatic rings. The molecule has 2 heteroatoms. The van der Waals surface area contributed by atoms with Crippen molar-refractivity contribution in [2.24, 2.45) is 0 Å². The molecular formula is C11H12NO+. The molecule has 0 saturated heterocycles. The maximum atomic E-state index is 9.50. The standard InChI is InChI=1S/C11H12NO/c1-8-6-10-4-3-5-12(13)11(10)7-9(8)2/h3-7,13H,1-2H3/q+1. The summed E-state index contributed by atoms with van der Waals surface area (Å²) < 4.78 is 1.15. The van der Waals surface area contributed by atoms with Gasteiger partial charge in [-0.15, -0.1) is 0 Å². The Morgan fingerprint density at radius 3 is 2.62 bits per heavy atom. The third-order valence-electron chi connectivity index (χ3n) is 2.39. The summed E-state index contributed by atoms with van der Waals surface area (Å²) in [5, 5.41) is 10.6. The minimum Gasteiger partial charge on any atom is -0.285 e. The normalized spacial score (nSPS) is 10.6. The van der Waals surface area contributed by atoms with Crippen LogP contribution < -0.4 is 4.73 Å². The van der Waals surface area contributed by atoms with Crippen LogP contribution in [-0.2, 0) is 0 Å². The summed E-state index contributed by atoms with van der Waals surface area (Å²) in [6, 6.07) is 7.90. The highest BCUT2D eigenvalue weighted by atomic mass is 16.5. The van der Waals surface area contributed by atoms with Crippen LogP contribution in [0.3, 0.4) is 0 Å². The Morgan fingerprint density at radius 1 is 1.15 bits per heavy atom. The second-order valence-electron chi connectivity index (χ2n) is 3.35. The fourth-order valence-corrected chi connectivity index (χ4v) is 1.46. The van der Waals surface area contributed by atoms with Gasteiger partial charge in [0, 0.05) is 16.9 Å². The average molecular weight is 174 g/mol. The Hall–Kier alpha value is -1.57. The largest absolute Gasteiger partial charge is 0.285 e. The Labute approximate surface area is 77.0 Å².